The predicted molar refractivity (Wildman–Crippen MR) is 224 cm³/mol. The summed E-state index contributed by atoms with van der Waals surface area (Å²) in [7, 11) is -4.80. The highest BCUT2D eigenvalue weighted by Gasteiger charge is 2.32. The zero-order chi connectivity index (χ0) is 31.4. The Balaban J connectivity index is 5.25. The number of hydrogen-bond acceptors (Lipinski definition) is 0. The van der Waals surface area contributed by atoms with Crippen molar-refractivity contribution in [3.8, 4) is 0 Å². The maximum atomic E-state index is 3.75. The molecule has 0 nitrogen and oxygen atoms in total. The summed E-state index contributed by atoms with van der Waals surface area (Å²) in [4.78, 5) is 0. The predicted octanol–water partition coefficient (Wildman–Crippen LogP) is 12.7. The van der Waals surface area contributed by atoms with E-state index in [0.29, 0.717) is 0 Å². The van der Waals surface area contributed by atoms with Gasteiger partial charge in [-0.2, -0.15) is 0 Å². The number of unbranched alkanes of at least 4 members (excludes halogenated alkanes) is 1. The van der Waals surface area contributed by atoms with E-state index in [4.69, 9.17) is 0 Å². The molecule has 0 aliphatic heterocycles. The van der Waals surface area contributed by atoms with Crippen LogP contribution in [0.4, 0.5) is 0 Å². The molecular weight excluding hydrogens is 673 g/mol. The Kier molecular flexibility index (Phi) is 25.4. The molecular formula is C33H81BrSi7. The standard InChI is InChI=1S/C33H81BrSi7/c1-35(2)21-14-26-40(10,27-15-22-36(3)4)32-18-30-39(9,25-13-12-20-34)31-19-33-41(11,28-16-23-37(5)6)29-17-24-38(7)8/h35-38H,12-33H2,1-11H3. The van der Waals surface area contributed by atoms with Gasteiger partial charge in [-0.1, -0.05) is 211 Å². The zero-order valence-electron chi connectivity index (χ0n) is 30.7. The maximum Gasteiger partial charge on any atom is 0.0504 e. The Labute approximate surface area is 280 Å². The van der Waals surface area contributed by atoms with Gasteiger partial charge in [-0.15, -0.1) is 0 Å². The van der Waals surface area contributed by atoms with Gasteiger partial charge in [0.1, 0.15) is 0 Å². The SMILES string of the molecule is C[SiH](C)CCC[Si](C)(CCC[SiH](C)C)CCC[Si](C)(CCCCBr)CCC[Si](C)(CCC[SiH](C)C)CCC[SiH](C)C. The van der Waals surface area contributed by atoms with Gasteiger partial charge in [0.05, 0.1) is 24.2 Å². The third-order valence-corrected chi connectivity index (χ3v) is 31.4. The van der Waals surface area contributed by atoms with Crippen LogP contribution in [0, 0.1) is 0 Å². The number of rotatable bonds is 28. The topological polar surface area (TPSA) is 0 Å². The van der Waals surface area contributed by atoms with E-state index >= 15 is 0 Å². The molecule has 0 saturated heterocycles. The first-order valence-corrected chi connectivity index (χ1v) is 41.7. The molecule has 0 saturated carbocycles. The highest BCUT2D eigenvalue weighted by atomic mass is 79.9. The van der Waals surface area contributed by atoms with Gasteiger partial charge >= 0.3 is 0 Å². The van der Waals surface area contributed by atoms with Gasteiger partial charge in [0, 0.05) is 40.5 Å². The molecule has 0 heterocycles. The van der Waals surface area contributed by atoms with E-state index in [9.17, 15) is 0 Å². The average Bonchev–Trinajstić information content (AvgIpc) is 2.83. The van der Waals surface area contributed by atoms with Gasteiger partial charge in [0.25, 0.3) is 0 Å². The highest BCUT2D eigenvalue weighted by Crippen LogP contribution is 2.36. The molecule has 0 aromatic heterocycles. The molecule has 41 heavy (non-hydrogen) atoms. The first-order valence-electron chi connectivity index (χ1n) is 18.7. The maximum absolute atomic E-state index is 3.75. The minimum absolute atomic E-state index is 0.389. The lowest BCUT2D eigenvalue weighted by atomic mass is 10.4. The van der Waals surface area contributed by atoms with E-state index < -0.39 is 24.2 Å². The molecule has 0 radical (unpaired) electrons. The van der Waals surface area contributed by atoms with E-state index in [1.807, 2.05) is 0 Å². The second-order valence-corrected chi connectivity index (χ2v) is 47.0. The molecule has 0 aliphatic carbocycles. The van der Waals surface area contributed by atoms with Crippen molar-refractivity contribution in [3.63, 3.8) is 0 Å². The smallest absolute Gasteiger partial charge is 0.0504 e. The average molecular weight is 755 g/mol. The van der Waals surface area contributed by atoms with Gasteiger partial charge < -0.3 is 0 Å². The van der Waals surface area contributed by atoms with Crippen LogP contribution in [-0.2, 0) is 0 Å². The molecule has 0 amide bonds. The van der Waals surface area contributed by atoms with Crippen LogP contribution in [0.3, 0.4) is 0 Å². The second-order valence-electron chi connectivity index (χ2n) is 17.4. The van der Waals surface area contributed by atoms with E-state index in [0.717, 1.165) is 0 Å². The van der Waals surface area contributed by atoms with Crippen LogP contribution in [0.15, 0.2) is 0 Å². The summed E-state index contributed by atoms with van der Waals surface area (Å²) in [6.45, 7) is 29.1. The summed E-state index contributed by atoms with van der Waals surface area (Å²) in [5.74, 6) is 0. The minimum atomic E-state index is -1.13. The molecule has 0 atom stereocenters. The Morgan fingerprint density at radius 2 is 0.561 bits per heavy atom. The molecule has 0 N–H and O–H groups in total. The fourth-order valence-electron chi connectivity index (χ4n) is 7.40. The summed E-state index contributed by atoms with van der Waals surface area (Å²) in [6.07, 6.45) is 12.4. The Morgan fingerprint density at radius 3 is 0.780 bits per heavy atom. The van der Waals surface area contributed by atoms with Crippen molar-refractivity contribution >= 4 is 75.3 Å². The lowest BCUT2D eigenvalue weighted by Gasteiger charge is -2.34. The van der Waals surface area contributed by atoms with Crippen LogP contribution in [0.25, 0.3) is 0 Å². The van der Waals surface area contributed by atoms with Gasteiger partial charge in [-0.3, -0.25) is 0 Å². The summed E-state index contributed by atoms with van der Waals surface area (Å²) in [5, 5.41) is 1.21. The van der Waals surface area contributed by atoms with Crippen molar-refractivity contribution in [3.05, 3.63) is 0 Å². The second kappa shape index (κ2) is 24.2. The normalized spacial score (nSPS) is 13.5. The third kappa shape index (κ3) is 24.9. The largest absolute Gasteiger partial charge is 0.0928 e. The van der Waals surface area contributed by atoms with Crippen LogP contribution < -0.4 is 0 Å². The first kappa shape index (κ1) is 43.0. The zero-order valence-corrected chi connectivity index (χ0v) is 39.9. The Bertz CT molecular complexity index is 540. The van der Waals surface area contributed by atoms with E-state index in [1.165, 1.54) is 18.2 Å². The summed E-state index contributed by atoms with van der Waals surface area (Å²) in [6, 6.07) is 21.3. The van der Waals surface area contributed by atoms with Crippen molar-refractivity contribution in [1.82, 2.24) is 0 Å². The van der Waals surface area contributed by atoms with Gasteiger partial charge in [0.15, 0.2) is 0 Å². The molecule has 0 spiro atoms. The number of hydrogen-bond donors (Lipinski definition) is 0. The molecule has 248 valence electrons. The van der Waals surface area contributed by atoms with Crippen LogP contribution in [0.2, 0.25) is 151 Å². The van der Waals surface area contributed by atoms with Gasteiger partial charge in [-0.05, 0) is 6.42 Å². The summed E-state index contributed by atoms with van der Waals surface area (Å²) >= 11 is 3.75. The fourth-order valence-corrected chi connectivity index (χ4v) is 25.9. The van der Waals surface area contributed by atoms with Gasteiger partial charge in [0.2, 0.25) is 0 Å². The van der Waals surface area contributed by atoms with Crippen LogP contribution in [0.1, 0.15) is 51.4 Å². The molecule has 8 heteroatoms. The van der Waals surface area contributed by atoms with Crippen molar-refractivity contribution in [2.75, 3.05) is 5.33 Å². The Morgan fingerprint density at radius 1 is 0.341 bits per heavy atom. The minimum Gasteiger partial charge on any atom is -0.0928 e. The van der Waals surface area contributed by atoms with E-state index in [2.05, 4.69) is 87.9 Å². The number of halogens is 1. The monoisotopic (exact) mass is 752 g/mol. The van der Waals surface area contributed by atoms with Crippen molar-refractivity contribution < 1.29 is 0 Å². The van der Waals surface area contributed by atoms with Gasteiger partial charge in [-0.25, -0.2) is 0 Å². The van der Waals surface area contributed by atoms with Crippen molar-refractivity contribution in [1.29, 1.82) is 0 Å². The molecule has 0 aromatic rings. The fraction of sp³-hybridized carbons (Fsp3) is 1.00. The molecule has 0 aromatic carbocycles. The quantitative estimate of drug-likeness (QED) is 0.0424. The lowest BCUT2D eigenvalue weighted by molar-refractivity contribution is 0.840. The summed E-state index contributed by atoms with van der Waals surface area (Å²) in [5.41, 5.74) is 0. The molecule has 0 aliphatic rings. The summed E-state index contributed by atoms with van der Waals surface area (Å²) < 4.78 is 0. The van der Waals surface area contributed by atoms with Crippen molar-refractivity contribution in [2.45, 2.75) is 202 Å². The van der Waals surface area contributed by atoms with Crippen LogP contribution >= 0.6 is 15.9 Å². The third-order valence-electron chi connectivity index (χ3n) is 10.5. The van der Waals surface area contributed by atoms with Crippen LogP contribution in [-0.4, -0.2) is 64.7 Å². The molecule has 0 bridgehead atoms. The first-order chi connectivity index (χ1) is 19.1. The number of alkyl halides is 1. The highest BCUT2D eigenvalue weighted by molar-refractivity contribution is 9.09. The van der Waals surface area contributed by atoms with E-state index in [1.54, 1.807) is 117 Å². The Hall–Kier alpha value is 2.00. The molecule has 0 fully saturated rings. The lowest BCUT2D eigenvalue weighted by Crippen LogP contribution is -2.35. The van der Waals surface area contributed by atoms with E-state index in [-0.39, 0.29) is 35.2 Å². The molecule has 0 unspecified atom stereocenters. The van der Waals surface area contributed by atoms with Crippen molar-refractivity contribution in [2.24, 2.45) is 0 Å². The molecule has 0 rings (SSSR count). The van der Waals surface area contributed by atoms with Crippen LogP contribution in [0.5, 0.6) is 0 Å².